The van der Waals surface area contributed by atoms with E-state index in [0.29, 0.717) is 5.56 Å². The highest BCUT2D eigenvalue weighted by molar-refractivity contribution is 6.05. The summed E-state index contributed by atoms with van der Waals surface area (Å²) in [5, 5.41) is 1.68. The number of ketones is 1. The zero-order valence-corrected chi connectivity index (χ0v) is 15.2. The van der Waals surface area contributed by atoms with Gasteiger partial charge in [-0.25, -0.2) is 26.9 Å². The summed E-state index contributed by atoms with van der Waals surface area (Å²) in [6.45, 7) is 0. The highest BCUT2D eigenvalue weighted by Gasteiger charge is 2.27. The van der Waals surface area contributed by atoms with Crippen LogP contribution in [0.5, 0.6) is 0 Å². The summed E-state index contributed by atoms with van der Waals surface area (Å²) >= 11 is 0. The van der Waals surface area contributed by atoms with Gasteiger partial charge in [0.1, 0.15) is 5.69 Å². The third kappa shape index (κ3) is 3.97. The topological polar surface area (TPSA) is 64.0 Å². The van der Waals surface area contributed by atoms with Gasteiger partial charge in [0.2, 0.25) is 11.6 Å². The molecule has 0 bridgehead atoms. The van der Waals surface area contributed by atoms with Crippen LogP contribution in [0.15, 0.2) is 42.7 Å². The Hall–Kier alpha value is -3.82. The molecule has 0 saturated carbocycles. The predicted octanol–water partition coefficient (Wildman–Crippen LogP) is 4.26. The maximum absolute atomic E-state index is 13.7. The number of rotatable bonds is 5. The van der Waals surface area contributed by atoms with Gasteiger partial charge in [-0.2, -0.15) is 0 Å². The van der Waals surface area contributed by atoms with Crippen LogP contribution in [-0.2, 0) is 7.05 Å². The van der Waals surface area contributed by atoms with E-state index in [1.54, 1.807) is 23.1 Å². The number of hydrogen-bond donors (Lipinski definition) is 1. The van der Waals surface area contributed by atoms with E-state index in [2.05, 4.69) is 4.98 Å². The molecule has 0 atom stereocenters. The number of amides is 1. The van der Waals surface area contributed by atoms with Crippen LogP contribution in [0.1, 0.15) is 26.5 Å². The Morgan fingerprint density at radius 3 is 2.03 bits per heavy atom. The second kappa shape index (κ2) is 8.27. The Balaban J connectivity index is 1.76. The lowest BCUT2D eigenvalue weighted by molar-refractivity contribution is 0.102. The molecule has 1 heterocycles. The minimum absolute atomic E-state index is 0.105. The van der Waals surface area contributed by atoms with Crippen molar-refractivity contribution in [1.29, 1.82) is 0 Å². The normalized spacial score (nSPS) is 11.1. The van der Waals surface area contributed by atoms with Crippen molar-refractivity contribution >= 4 is 23.5 Å². The Morgan fingerprint density at radius 1 is 0.933 bits per heavy atom. The number of nitrogens with one attached hydrogen (secondary N) is 1. The lowest BCUT2D eigenvalue weighted by Crippen LogP contribution is -2.16. The van der Waals surface area contributed by atoms with Crippen LogP contribution in [0.2, 0.25) is 0 Å². The fourth-order valence-electron chi connectivity index (χ4n) is 2.50. The summed E-state index contributed by atoms with van der Waals surface area (Å²) in [5.41, 5.74) is -1.03. The zero-order valence-electron chi connectivity index (χ0n) is 15.2. The van der Waals surface area contributed by atoms with Crippen molar-refractivity contribution in [3.63, 3.8) is 0 Å². The van der Waals surface area contributed by atoms with Gasteiger partial charge in [0, 0.05) is 25.0 Å². The van der Waals surface area contributed by atoms with Gasteiger partial charge in [-0.3, -0.25) is 9.59 Å². The van der Waals surface area contributed by atoms with Crippen LogP contribution in [-0.4, -0.2) is 21.2 Å². The summed E-state index contributed by atoms with van der Waals surface area (Å²) in [4.78, 5) is 28.1. The number of nitrogens with zero attached hydrogens (tertiary/aromatic N) is 2. The summed E-state index contributed by atoms with van der Waals surface area (Å²) in [5.74, 6) is -12.2. The van der Waals surface area contributed by atoms with Crippen LogP contribution in [0.25, 0.3) is 6.08 Å². The van der Waals surface area contributed by atoms with Gasteiger partial charge in [0.25, 0.3) is 5.91 Å². The predicted molar refractivity (Wildman–Crippen MR) is 97.2 cm³/mol. The molecule has 0 aliphatic rings. The Morgan fingerprint density at radius 2 is 1.50 bits per heavy atom. The first-order valence-corrected chi connectivity index (χ1v) is 8.33. The van der Waals surface area contributed by atoms with Gasteiger partial charge in [-0.1, -0.05) is 18.2 Å². The minimum Gasteiger partial charge on any atom is -0.331 e. The standard InChI is InChI=1S/C20H12F5N3O2/c1-28-9-8-26-19(28)12(29)7-4-10-2-5-11(6-3-10)20(30)27-18-16(24)14(22)13(21)15(23)17(18)25/h2-9H,1H3,(H,27,30)/b7-4+. The number of halogens is 5. The molecule has 30 heavy (non-hydrogen) atoms. The highest BCUT2D eigenvalue weighted by atomic mass is 19.2. The molecule has 5 nitrogen and oxygen atoms in total. The maximum Gasteiger partial charge on any atom is 0.255 e. The largest absolute Gasteiger partial charge is 0.331 e. The van der Waals surface area contributed by atoms with Gasteiger partial charge in [0.05, 0.1) is 0 Å². The molecule has 154 valence electrons. The molecule has 0 saturated heterocycles. The molecule has 10 heteroatoms. The molecule has 0 unspecified atom stereocenters. The minimum atomic E-state index is -2.32. The van der Waals surface area contributed by atoms with Crippen molar-refractivity contribution in [3.8, 4) is 0 Å². The average Bonchev–Trinajstić information content (AvgIpc) is 3.18. The average molecular weight is 421 g/mol. The SMILES string of the molecule is Cn1ccnc1C(=O)/C=C/c1ccc(C(=O)Nc2c(F)c(F)c(F)c(F)c2F)cc1. The van der Waals surface area contributed by atoms with E-state index >= 15 is 0 Å². The summed E-state index contributed by atoms with van der Waals surface area (Å²) in [6, 6.07) is 5.36. The number of allylic oxidation sites excluding steroid dienone is 1. The van der Waals surface area contributed by atoms with E-state index < -0.39 is 40.7 Å². The first-order chi connectivity index (χ1) is 14.2. The molecular weight excluding hydrogens is 409 g/mol. The Labute approximate surface area is 166 Å². The van der Waals surface area contributed by atoms with Crippen molar-refractivity contribution in [1.82, 2.24) is 9.55 Å². The van der Waals surface area contributed by atoms with Crippen molar-refractivity contribution in [2.45, 2.75) is 0 Å². The van der Waals surface area contributed by atoms with Crippen LogP contribution >= 0.6 is 0 Å². The fraction of sp³-hybridized carbons (Fsp3) is 0.0500. The van der Waals surface area contributed by atoms with Crippen LogP contribution in [0, 0.1) is 29.1 Å². The van der Waals surface area contributed by atoms with E-state index in [4.69, 9.17) is 0 Å². The summed E-state index contributed by atoms with van der Waals surface area (Å²) in [6.07, 6.45) is 5.81. The molecule has 1 aromatic heterocycles. The molecule has 0 fully saturated rings. The number of aryl methyl sites for hydroxylation is 1. The third-order valence-corrected chi connectivity index (χ3v) is 4.09. The monoisotopic (exact) mass is 421 g/mol. The quantitative estimate of drug-likeness (QED) is 0.220. The molecule has 1 N–H and O–H groups in total. The number of carbonyl (C=O) groups excluding carboxylic acids is 2. The molecule has 2 aromatic carbocycles. The van der Waals surface area contributed by atoms with Crippen LogP contribution < -0.4 is 5.32 Å². The van der Waals surface area contributed by atoms with Gasteiger partial charge >= 0.3 is 0 Å². The third-order valence-electron chi connectivity index (χ3n) is 4.09. The lowest BCUT2D eigenvalue weighted by atomic mass is 10.1. The molecular formula is C20H12F5N3O2. The molecule has 0 spiro atoms. The van der Waals surface area contributed by atoms with E-state index in [0.717, 1.165) is 0 Å². The van der Waals surface area contributed by atoms with E-state index in [-0.39, 0.29) is 17.2 Å². The molecule has 1 amide bonds. The number of hydrogen-bond acceptors (Lipinski definition) is 3. The number of carbonyl (C=O) groups is 2. The smallest absolute Gasteiger partial charge is 0.255 e. The van der Waals surface area contributed by atoms with Crippen molar-refractivity contribution < 1.29 is 31.5 Å². The Bertz CT molecular complexity index is 1140. The first kappa shape index (κ1) is 20.9. The number of aromatic nitrogens is 2. The fourth-order valence-corrected chi connectivity index (χ4v) is 2.50. The molecule has 3 aromatic rings. The summed E-state index contributed by atoms with van der Waals surface area (Å²) < 4.78 is 68.4. The maximum atomic E-state index is 13.7. The van der Waals surface area contributed by atoms with E-state index in [9.17, 15) is 31.5 Å². The highest BCUT2D eigenvalue weighted by Crippen LogP contribution is 2.27. The van der Waals surface area contributed by atoms with Crippen LogP contribution in [0.3, 0.4) is 0 Å². The zero-order chi connectivity index (χ0) is 22.0. The molecule has 3 rings (SSSR count). The van der Waals surface area contributed by atoms with E-state index in [1.165, 1.54) is 42.6 Å². The van der Waals surface area contributed by atoms with Crippen molar-refractivity contribution in [3.05, 3.63) is 88.8 Å². The van der Waals surface area contributed by atoms with Crippen LogP contribution in [0.4, 0.5) is 27.6 Å². The van der Waals surface area contributed by atoms with Gasteiger partial charge in [-0.05, 0) is 23.8 Å². The first-order valence-electron chi connectivity index (χ1n) is 8.33. The lowest BCUT2D eigenvalue weighted by Gasteiger charge is -2.10. The van der Waals surface area contributed by atoms with E-state index in [1.807, 2.05) is 0 Å². The Kier molecular flexibility index (Phi) is 5.77. The molecule has 0 radical (unpaired) electrons. The molecule has 0 aliphatic carbocycles. The van der Waals surface area contributed by atoms with Crippen molar-refractivity contribution in [2.75, 3.05) is 5.32 Å². The van der Waals surface area contributed by atoms with Gasteiger partial charge < -0.3 is 9.88 Å². The van der Waals surface area contributed by atoms with Crippen molar-refractivity contribution in [2.24, 2.45) is 7.05 Å². The number of imidazole rings is 1. The van der Waals surface area contributed by atoms with Gasteiger partial charge in [-0.15, -0.1) is 0 Å². The molecule has 0 aliphatic heterocycles. The number of benzene rings is 2. The van der Waals surface area contributed by atoms with Gasteiger partial charge in [0.15, 0.2) is 29.1 Å². The summed E-state index contributed by atoms with van der Waals surface area (Å²) in [7, 11) is 1.66. The second-order valence-corrected chi connectivity index (χ2v) is 6.08. The second-order valence-electron chi connectivity index (χ2n) is 6.08. The number of anilines is 1.